The fraction of sp³-hybridized carbons (Fsp3) is 0.793. The van der Waals surface area contributed by atoms with Crippen molar-refractivity contribution in [3.05, 3.63) is 76.4 Å². The van der Waals surface area contributed by atoms with E-state index in [1.165, 1.54) is 4.68 Å². The number of unbranched alkanes of at least 4 members (excludes halogenated alkanes) is 1. The molecule has 0 saturated carbocycles. The molecule has 0 aromatic carbocycles. The first-order valence-electron chi connectivity index (χ1n) is 21.5. The van der Waals surface area contributed by atoms with Gasteiger partial charge in [0.15, 0.2) is 0 Å². The number of hydrogen-bond acceptors (Lipinski definition) is 24. The number of aliphatic hydroxyl groups excluding tert-OH is 4. The molecule has 2 rings (SSSR count). The Morgan fingerprint density at radius 3 is 0.726 bits per heavy atom. The van der Waals surface area contributed by atoms with E-state index in [9.17, 15) is 0 Å². The number of aliphatic hydroxyl groups is 4. The highest BCUT2D eigenvalue weighted by Gasteiger charge is 2.23. The van der Waals surface area contributed by atoms with Gasteiger partial charge in [0.05, 0.1) is 117 Å². The van der Waals surface area contributed by atoms with Crippen LogP contribution in [0.2, 0.25) is 0 Å². The van der Waals surface area contributed by atoms with Crippen molar-refractivity contribution in [2.24, 2.45) is 0 Å². The lowest BCUT2D eigenvalue weighted by molar-refractivity contribution is -0.298. The summed E-state index contributed by atoms with van der Waals surface area (Å²) in [6.07, 6.45) is 3.32. The average Bonchev–Trinajstić information content (AvgIpc) is 4.06. The smallest absolute Gasteiger partial charge is 0.111 e. The maximum Gasteiger partial charge on any atom is 0.111 e. The largest absolute Gasteiger partial charge is 0.394 e. The lowest BCUT2D eigenvalue weighted by Crippen LogP contribution is -2.34. The Balaban J connectivity index is -0.0000000990. The van der Waals surface area contributed by atoms with E-state index in [0.717, 1.165) is 0 Å². The number of nitrogens with zero attached hydrogens (tertiary/aromatic N) is 6. The van der Waals surface area contributed by atoms with Crippen molar-refractivity contribution in [3.8, 4) is 0 Å². The van der Waals surface area contributed by atoms with Crippen molar-refractivity contribution in [1.82, 2.24) is 30.0 Å². The number of ether oxygens (including phenoxy) is 8. The van der Waals surface area contributed by atoms with Gasteiger partial charge in [0.25, 0.3) is 0 Å². The molecule has 26 nitrogen and oxygen atoms in total. The van der Waals surface area contributed by atoms with Gasteiger partial charge >= 0.3 is 0 Å². The van der Waals surface area contributed by atoms with E-state index in [2.05, 4.69) is 92.8 Å². The summed E-state index contributed by atoms with van der Waals surface area (Å²) in [4.78, 5) is 16.5. The van der Waals surface area contributed by atoms with Gasteiger partial charge in [-0.3, -0.25) is 21.0 Å². The van der Waals surface area contributed by atoms with Gasteiger partial charge in [-0.25, -0.2) is 28.9 Å². The first kappa shape index (κ1) is 134. The van der Waals surface area contributed by atoms with Crippen LogP contribution in [0.1, 0.15) is 155 Å². The highest BCUT2D eigenvalue weighted by Crippen LogP contribution is 2.16. The molecule has 0 aliphatic rings. The minimum Gasteiger partial charge on any atom is -0.394 e. The molecule has 0 atom stereocenters. The predicted octanol–water partition coefficient (Wildman–Crippen LogP) is 11.4. The molecule has 0 aliphatic heterocycles. The summed E-state index contributed by atoms with van der Waals surface area (Å²) in [5, 5.41) is 89.2. The van der Waals surface area contributed by atoms with Crippen LogP contribution in [-0.4, -0.2) is 228 Å². The van der Waals surface area contributed by atoms with E-state index in [4.69, 9.17) is 79.3 Å². The molecule has 0 fully saturated rings. The first-order chi connectivity index (χ1) is 33.4. The SMILES string of the molecule is C.C.C.C.C.C.C.C.C.C.C.C.C.C.C.C.C=C.C=C.C=C.C=C.OCCOCC(COCCO)OCC(COC(COCCO)COCCO)n1cc(CCCCc2cn(C(COC(COO)COO)COC(COO)COO)nn2)nn1. The summed E-state index contributed by atoms with van der Waals surface area (Å²) in [5.41, 5.74) is 1.38. The molecule has 26 heteroatoms. The second-order valence-electron chi connectivity index (χ2n) is 13.1. The molecule has 0 amide bonds. The molecule has 0 unspecified atom stereocenters. The summed E-state index contributed by atoms with van der Waals surface area (Å²) in [5.74, 6) is 0. The Kier molecular flexibility index (Phi) is 167. The molecule has 84 heavy (non-hydrogen) atoms. The number of hydrogen-bond donors (Lipinski definition) is 8. The van der Waals surface area contributed by atoms with Crippen LogP contribution in [0.25, 0.3) is 0 Å². The third-order valence-corrected chi connectivity index (χ3v) is 8.28. The van der Waals surface area contributed by atoms with Crippen LogP contribution >= 0.6 is 0 Å². The maximum absolute atomic E-state index is 9.15. The quantitative estimate of drug-likeness (QED) is 0.0132. The lowest BCUT2D eigenvalue weighted by atomic mass is 10.1. The standard InChI is InChI=1S/C34H64N6O20.4C2H4.16CH4/c41-5-9-49-19-31(20-50-10-6-42)53-15-29(16-54-32(21-51-11-7-43)22-52-12-8-44)39-13-27(35-37-39)3-1-2-4-28-14-40(38-36-28)30(17-55-33(23-57-45)24-58-46)18-56-34(25-59-47)26-60-48;4*1-2;;;;;;;;;;;;;;;;/h13-14,29-34,41-48H,1-12,15-26H2;4*1-2H2;16*1H4. The normalized spacial score (nSPS) is 8.98. The van der Waals surface area contributed by atoms with E-state index >= 15 is 0 Å². The summed E-state index contributed by atoms with van der Waals surface area (Å²) in [7, 11) is 0. The molecule has 8 N–H and O–H groups in total. The van der Waals surface area contributed by atoms with Gasteiger partial charge in [0.2, 0.25) is 0 Å². The lowest BCUT2D eigenvalue weighted by Gasteiger charge is -2.25. The molecule has 0 spiro atoms. The zero-order valence-corrected chi connectivity index (χ0v) is 39.4. The van der Waals surface area contributed by atoms with Crippen molar-refractivity contribution in [1.29, 1.82) is 0 Å². The Morgan fingerprint density at radius 2 is 0.536 bits per heavy atom. The minimum absolute atomic E-state index is 0. The number of aromatic nitrogens is 6. The summed E-state index contributed by atoms with van der Waals surface area (Å²) >= 11 is 0. The number of rotatable bonds is 43. The third-order valence-electron chi connectivity index (χ3n) is 8.28. The minimum atomic E-state index is -0.840. The van der Waals surface area contributed by atoms with Crippen LogP contribution in [0.3, 0.4) is 0 Å². The van der Waals surface area contributed by atoms with Gasteiger partial charge in [-0.2, -0.15) is 0 Å². The predicted molar refractivity (Wildman–Crippen MR) is 352 cm³/mol. The van der Waals surface area contributed by atoms with Gasteiger partial charge in [-0.15, -0.1) is 62.8 Å². The highest BCUT2D eigenvalue weighted by atomic mass is 17.1. The van der Waals surface area contributed by atoms with E-state index in [0.29, 0.717) is 37.1 Å². The van der Waals surface area contributed by atoms with Crippen LogP contribution in [0, 0.1) is 0 Å². The average molecular weight is 1250 g/mol. The molecule has 0 bridgehead atoms. The van der Waals surface area contributed by atoms with Gasteiger partial charge in [-0.1, -0.05) is 129 Å². The van der Waals surface area contributed by atoms with Gasteiger partial charge in [0.1, 0.15) is 62.9 Å². The second kappa shape index (κ2) is 104. The van der Waals surface area contributed by atoms with Crippen molar-refractivity contribution in [3.63, 3.8) is 0 Å². The van der Waals surface area contributed by atoms with Crippen molar-refractivity contribution in [2.45, 2.75) is 181 Å². The van der Waals surface area contributed by atoms with Gasteiger partial charge in [0, 0.05) is 12.4 Å². The molecule has 2 aromatic rings. The Labute approximate surface area is 517 Å². The van der Waals surface area contributed by atoms with Crippen LogP contribution in [0.4, 0.5) is 0 Å². The molecule has 0 aliphatic carbocycles. The van der Waals surface area contributed by atoms with E-state index in [-0.39, 0.29) is 251 Å². The monoisotopic (exact) mass is 1250 g/mol. The van der Waals surface area contributed by atoms with Crippen LogP contribution < -0.4 is 0 Å². The second-order valence-corrected chi connectivity index (χ2v) is 13.1. The summed E-state index contributed by atoms with van der Waals surface area (Å²) < 4.78 is 48.8. The molecule has 526 valence electrons. The Hall–Kier alpha value is -3.56. The van der Waals surface area contributed by atoms with Crippen LogP contribution in [0.5, 0.6) is 0 Å². The number of aryl methyl sites for hydroxylation is 2. The summed E-state index contributed by atoms with van der Waals surface area (Å²) in [6.45, 7) is 23.3. The van der Waals surface area contributed by atoms with E-state index < -0.39 is 36.5 Å². The van der Waals surface area contributed by atoms with Crippen LogP contribution in [-0.2, 0) is 70.3 Å². The zero-order valence-electron chi connectivity index (χ0n) is 39.4. The molecular weight excluding hydrogens is 1100 g/mol. The van der Waals surface area contributed by atoms with Crippen LogP contribution in [0.15, 0.2) is 65.0 Å². The van der Waals surface area contributed by atoms with Gasteiger partial charge < -0.3 is 58.3 Å². The zero-order chi connectivity index (χ0) is 51.5. The topological polar surface area (TPSA) is 334 Å². The van der Waals surface area contributed by atoms with E-state index in [1.807, 2.05) is 0 Å². The van der Waals surface area contributed by atoms with Crippen molar-refractivity contribution < 1.29 is 98.9 Å². The molecular formula is C58H144N6O20. The Bertz CT molecular complexity index is 1250. The fourth-order valence-electron chi connectivity index (χ4n) is 5.24. The van der Waals surface area contributed by atoms with Crippen molar-refractivity contribution in [2.75, 3.05) is 132 Å². The highest BCUT2D eigenvalue weighted by molar-refractivity contribution is 4.96. The molecule has 2 aromatic heterocycles. The van der Waals surface area contributed by atoms with Gasteiger partial charge in [-0.05, 0) is 25.7 Å². The Morgan fingerprint density at radius 1 is 0.333 bits per heavy atom. The fourth-order valence-corrected chi connectivity index (χ4v) is 5.24. The molecule has 0 radical (unpaired) electrons. The van der Waals surface area contributed by atoms with E-state index in [1.54, 1.807) is 17.1 Å². The summed E-state index contributed by atoms with van der Waals surface area (Å²) in [6, 6.07) is -1.08. The van der Waals surface area contributed by atoms with Crippen molar-refractivity contribution >= 4 is 0 Å². The maximum atomic E-state index is 9.15. The first-order valence-corrected chi connectivity index (χ1v) is 21.5. The third kappa shape index (κ3) is 70.9. The molecule has 2 heterocycles. The molecule has 0 saturated heterocycles.